The summed E-state index contributed by atoms with van der Waals surface area (Å²) >= 11 is 1.87. The summed E-state index contributed by atoms with van der Waals surface area (Å²) in [5.41, 5.74) is 0. The average Bonchev–Trinajstić information content (AvgIpc) is 3.10. The van der Waals surface area contributed by atoms with Crippen molar-refractivity contribution in [1.82, 2.24) is 10.6 Å². The molecule has 0 bridgehead atoms. The predicted molar refractivity (Wildman–Crippen MR) is 79.2 cm³/mol. The molecule has 1 aliphatic carbocycles. The maximum atomic E-state index is 4.64. The molecule has 2 rings (SSSR count). The quantitative estimate of drug-likeness (QED) is 0.613. The Morgan fingerprint density at radius 1 is 1.28 bits per heavy atom. The molecular formula is C14H23N3S. The smallest absolute Gasteiger partial charge is 0.191 e. The lowest BCUT2D eigenvalue weighted by Gasteiger charge is -2.10. The average molecular weight is 265 g/mol. The highest BCUT2D eigenvalue weighted by Crippen LogP contribution is 2.27. The van der Waals surface area contributed by atoms with Gasteiger partial charge in [-0.15, -0.1) is 11.3 Å². The van der Waals surface area contributed by atoms with E-state index < -0.39 is 0 Å². The third-order valence-electron chi connectivity index (χ3n) is 3.06. The molecule has 0 aliphatic heterocycles. The Balaban J connectivity index is 1.85. The zero-order chi connectivity index (χ0) is 12.8. The van der Waals surface area contributed by atoms with Gasteiger partial charge in [0, 0.05) is 22.8 Å². The summed E-state index contributed by atoms with van der Waals surface area (Å²) < 4.78 is 0. The fourth-order valence-electron chi connectivity index (χ4n) is 1.76. The number of nitrogens with zero attached hydrogens (tertiary/aromatic N) is 1. The second kappa shape index (κ2) is 6.78. The monoisotopic (exact) mass is 265 g/mol. The van der Waals surface area contributed by atoms with Crippen LogP contribution >= 0.6 is 11.3 Å². The normalized spacial score (nSPS) is 15.8. The van der Waals surface area contributed by atoms with Crippen LogP contribution in [0.25, 0.3) is 0 Å². The zero-order valence-corrected chi connectivity index (χ0v) is 12.1. The lowest BCUT2D eigenvalue weighted by molar-refractivity contribution is 0.740. The number of aliphatic imine (C=N–C) groups is 1. The summed E-state index contributed by atoms with van der Waals surface area (Å²) in [6, 6.07) is 4.40. The number of hydrogen-bond donors (Lipinski definition) is 2. The van der Waals surface area contributed by atoms with E-state index in [0.717, 1.165) is 37.9 Å². The van der Waals surface area contributed by atoms with E-state index in [0.29, 0.717) is 0 Å². The largest absolute Gasteiger partial charge is 0.357 e. The van der Waals surface area contributed by atoms with Crippen LogP contribution in [0.4, 0.5) is 0 Å². The summed E-state index contributed by atoms with van der Waals surface area (Å²) in [5, 5.41) is 6.72. The van der Waals surface area contributed by atoms with Crippen LogP contribution in [0, 0.1) is 5.92 Å². The first kappa shape index (κ1) is 13.4. The van der Waals surface area contributed by atoms with Crippen LogP contribution in [-0.2, 0) is 13.0 Å². The van der Waals surface area contributed by atoms with E-state index >= 15 is 0 Å². The molecule has 1 aliphatic rings. The molecular weight excluding hydrogens is 242 g/mol. The van der Waals surface area contributed by atoms with Gasteiger partial charge in [0.2, 0.25) is 0 Å². The molecule has 0 atom stereocenters. The predicted octanol–water partition coefficient (Wildman–Crippen LogP) is 2.78. The second-order valence-corrected chi connectivity index (χ2v) is 5.99. The van der Waals surface area contributed by atoms with Gasteiger partial charge in [0.1, 0.15) is 0 Å². The summed E-state index contributed by atoms with van der Waals surface area (Å²) in [4.78, 5) is 7.42. The van der Waals surface area contributed by atoms with Crippen molar-refractivity contribution in [3.63, 3.8) is 0 Å². The lowest BCUT2D eigenvalue weighted by atomic mass is 10.4. The molecule has 0 spiro atoms. The highest BCUT2D eigenvalue weighted by Gasteiger charge is 2.20. The van der Waals surface area contributed by atoms with Gasteiger partial charge in [0.15, 0.2) is 5.96 Å². The van der Waals surface area contributed by atoms with Crippen molar-refractivity contribution in [1.29, 1.82) is 0 Å². The lowest BCUT2D eigenvalue weighted by Crippen LogP contribution is -2.38. The van der Waals surface area contributed by atoms with E-state index in [4.69, 9.17) is 0 Å². The minimum Gasteiger partial charge on any atom is -0.357 e. The van der Waals surface area contributed by atoms with Crippen LogP contribution < -0.4 is 10.6 Å². The van der Waals surface area contributed by atoms with Crippen molar-refractivity contribution >= 4 is 17.3 Å². The Labute approximate surface area is 114 Å². The van der Waals surface area contributed by atoms with Crippen LogP contribution in [0.15, 0.2) is 17.1 Å². The number of thiophene rings is 1. The first-order valence-corrected chi connectivity index (χ1v) is 7.73. The molecule has 3 nitrogen and oxygen atoms in total. The standard InChI is InChI=1S/C14H23N3S/c1-3-12-7-8-13(18-12)10-17-14(15-4-2)16-9-11-5-6-11/h7-8,11H,3-6,9-10H2,1-2H3,(H2,15,16,17). The van der Waals surface area contributed by atoms with Crippen LogP contribution in [-0.4, -0.2) is 19.0 Å². The highest BCUT2D eigenvalue weighted by molar-refractivity contribution is 7.11. The Bertz CT molecular complexity index is 393. The van der Waals surface area contributed by atoms with Gasteiger partial charge in [-0.05, 0) is 44.2 Å². The van der Waals surface area contributed by atoms with E-state index in [1.165, 1.54) is 22.6 Å². The topological polar surface area (TPSA) is 36.4 Å². The fourth-order valence-corrected chi connectivity index (χ4v) is 2.64. The minimum atomic E-state index is 0.782. The summed E-state index contributed by atoms with van der Waals surface area (Å²) in [6.45, 7) is 7.07. The first-order chi connectivity index (χ1) is 8.81. The molecule has 1 aromatic rings. The molecule has 1 saturated carbocycles. The molecule has 4 heteroatoms. The first-order valence-electron chi connectivity index (χ1n) is 6.91. The zero-order valence-electron chi connectivity index (χ0n) is 11.3. The van der Waals surface area contributed by atoms with Crippen LogP contribution in [0.3, 0.4) is 0 Å². The Morgan fingerprint density at radius 2 is 2.06 bits per heavy atom. The Morgan fingerprint density at radius 3 is 2.67 bits per heavy atom. The van der Waals surface area contributed by atoms with Crippen LogP contribution in [0.5, 0.6) is 0 Å². The molecule has 0 amide bonds. The van der Waals surface area contributed by atoms with E-state index in [2.05, 4.69) is 41.6 Å². The second-order valence-electron chi connectivity index (χ2n) is 4.74. The molecule has 100 valence electrons. The van der Waals surface area contributed by atoms with Crippen molar-refractivity contribution in [2.45, 2.75) is 39.7 Å². The number of aryl methyl sites for hydroxylation is 1. The number of guanidine groups is 1. The van der Waals surface area contributed by atoms with E-state index in [9.17, 15) is 0 Å². The highest BCUT2D eigenvalue weighted by atomic mass is 32.1. The van der Waals surface area contributed by atoms with Gasteiger partial charge in [-0.2, -0.15) is 0 Å². The Kier molecular flexibility index (Phi) is 5.05. The van der Waals surface area contributed by atoms with Gasteiger partial charge in [0.05, 0.1) is 6.54 Å². The third-order valence-corrected chi connectivity index (χ3v) is 4.27. The molecule has 2 N–H and O–H groups in total. The van der Waals surface area contributed by atoms with E-state index in [1.807, 2.05) is 11.3 Å². The van der Waals surface area contributed by atoms with Gasteiger partial charge in [-0.3, -0.25) is 0 Å². The SMILES string of the molecule is CCNC(=NCc1ccc(CC)s1)NCC1CC1. The molecule has 18 heavy (non-hydrogen) atoms. The molecule has 1 fully saturated rings. The molecule has 0 aromatic carbocycles. The number of nitrogens with one attached hydrogen (secondary N) is 2. The molecule has 0 unspecified atom stereocenters. The molecule has 1 aromatic heterocycles. The summed E-state index contributed by atoms with van der Waals surface area (Å²) in [6.07, 6.45) is 3.86. The van der Waals surface area contributed by atoms with Crippen molar-refractivity contribution in [2.24, 2.45) is 10.9 Å². The van der Waals surface area contributed by atoms with Crippen molar-refractivity contribution in [3.05, 3.63) is 21.9 Å². The summed E-state index contributed by atoms with van der Waals surface area (Å²) in [7, 11) is 0. The molecule has 0 saturated heterocycles. The third kappa shape index (κ3) is 4.33. The van der Waals surface area contributed by atoms with Gasteiger partial charge >= 0.3 is 0 Å². The number of hydrogen-bond acceptors (Lipinski definition) is 2. The number of rotatable bonds is 6. The van der Waals surface area contributed by atoms with Crippen molar-refractivity contribution in [2.75, 3.05) is 13.1 Å². The van der Waals surface area contributed by atoms with Crippen LogP contribution in [0.2, 0.25) is 0 Å². The van der Waals surface area contributed by atoms with E-state index in [1.54, 1.807) is 0 Å². The summed E-state index contributed by atoms with van der Waals surface area (Å²) in [5.74, 6) is 1.83. The van der Waals surface area contributed by atoms with E-state index in [-0.39, 0.29) is 0 Å². The van der Waals surface area contributed by atoms with Crippen molar-refractivity contribution in [3.8, 4) is 0 Å². The van der Waals surface area contributed by atoms with Gasteiger partial charge < -0.3 is 10.6 Å². The fraction of sp³-hybridized carbons (Fsp3) is 0.643. The maximum absolute atomic E-state index is 4.64. The van der Waals surface area contributed by atoms with Gasteiger partial charge in [0.25, 0.3) is 0 Å². The Hall–Kier alpha value is -1.03. The van der Waals surface area contributed by atoms with Gasteiger partial charge in [-0.1, -0.05) is 6.92 Å². The maximum Gasteiger partial charge on any atom is 0.191 e. The van der Waals surface area contributed by atoms with Crippen LogP contribution in [0.1, 0.15) is 36.4 Å². The molecule has 1 heterocycles. The van der Waals surface area contributed by atoms with Crippen molar-refractivity contribution < 1.29 is 0 Å². The molecule has 0 radical (unpaired) electrons. The van der Waals surface area contributed by atoms with Gasteiger partial charge in [-0.25, -0.2) is 4.99 Å². The minimum absolute atomic E-state index is 0.782.